The fraction of sp³-hybridized carbons (Fsp3) is 0.182. The number of aromatic nitrogens is 3. The number of hydrogen-bond acceptors (Lipinski definition) is 5. The molecule has 0 amide bonds. The van der Waals surface area contributed by atoms with Crippen LogP contribution in [0.2, 0.25) is 0 Å². The Kier molecular flexibility index (Phi) is 4.37. The molecule has 0 aliphatic carbocycles. The summed E-state index contributed by atoms with van der Waals surface area (Å²) in [5, 5.41) is 0.672. The van der Waals surface area contributed by atoms with E-state index in [2.05, 4.69) is 43.4 Å². The van der Waals surface area contributed by atoms with Crippen molar-refractivity contribution in [2.75, 3.05) is 7.11 Å². The molecule has 0 saturated carbocycles. The lowest BCUT2D eigenvalue weighted by atomic mass is 10.2. The van der Waals surface area contributed by atoms with Crippen LogP contribution >= 0.6 is 11.8 Å². The minimum Gasteiger partial charge on any atom is -0.467 e. The molecular formula is C11H10AlN3OS. The fourth-order valence-electron chi connectivity index (χ4n) is 1.23. The van der Waals surface area contributed by atoms with Crippen molar-refractivity contribution in [1.29, 1.82) is 0 Å². The summed E-state index contributed by atoms with van der Waals surface area (Å²) in [7, 11) is 1.55. The van der Waals surface area contributed by atoms with E-state index in [0.717, 1.165) is 5.75 Å². The maximum atomic E-state index is 5.00. The summed E-state index contributed by atoms with van der Waals surface area (Å²) in [5.41, 5.74) is 1.24. The number of hydrogen-bond donors (Lipinski definition) is 0. The summed E-state index contributed by atoms with van der Waals surface area (Å²) in [4.78, 5) is 12.4. The van der Waals surface area contributed by atoms with Crippen molar-refractivity contribution in [2.24, 2.45) is 0 Å². The summed E-state index contributed by atoms with van der Waals surface area (Å²) < 4.78 is 5.59. The maximum Gasteiger partial charge on any atom is 0.318 e. The van der Waals surface area contributed by atoms with Crippen LogP contribution < -0.4 is 9.42 Å². The van der Waals surface area contributed by atoms with Gasteiger partial charge in [0.2, 0.25) is 16.3 Å². The second kappa shape index (κ2) is 6.01. The van der Waals surface area contributed by atoms with Crippen molar-refractivity contribution < 1.29 is 4.74 Å². The smallest absolute Gasteiger partial charge is 0.318 e. The predicted molar refractivity (Wildman–Crippen MR) is 67.8 cm³/mol. The van der Waals surface area contributed by atoms with E-state index in [-0.39, 0.29) is 0 Å². The molecule has 17 heavy (non-hydrogen) atoms. The number of thioether (sulfide) groups is 1. The van der Waals surface area contributed by atoms with Gasteiger partial charge < -0.3 is 4.74 Å². The Morgan fingerprint density at radius 3 is 2.65 bits per heavy atom. The zero-order valence-electron chi connectivity index (χ0n) is 9.33. The zero-order chi connectivity index (χ0) is 12.1. The van der Waals surface area contributed by atoms with Crippen LogP contribution in [-0.4, -0.2) is 38.4 Å². The maximum absolute atomic E-state index is 5.00. The van der Waals surface area contributed by atoms with Crippen molar-refractivity contribution in [3.63, 3.8) is 0 Å². The van der Waals surface area contributed by atoms with Gasteiger partial charge in [0, 0.05) is 10.4 Å². The van der Waals surface area contributed by atoms with E-state index in [1.54, 1.807) is 18.9 Å². The zero-order valence-corrected chi connectivity index (χ0v) is 11.3. The molecule has 0 aliphatic rings. The SMILES string of the molecule is COc1n[c]([Al])nc(SCc2ccccc2)n1. The Morgan fingerprint density at radius 2 is 1.94 bits per heavy atom. The molecule has 0 unspecified atom stereocenters. The van der Waals surface area contributed by atoms with Crippen LogP contribution in [0.25, 0.3) is 0 Å². The quantitative estimate of drug-likeness (QED) is 0.605. The Labute approximate surface area is 112 Å². The molecule has 2 aromatic rings. The minimum atomic E-state index is 0.348. The van der Waals surface area contributed by atoms with Crippen LogP contribution in [0.5, 0.6) is 6.01 Å². The molecule has 2 rings (SSSR count). The molecule has 2 radical (unpaired) electrons. The highest BCUT2D eigenvalue weighted by molar-refractivity contribution is 7.98. The third kappa shape index (κ3) is 3.70. The van der Waals surface area contributed by atoms with Crippen molar-refractivity contribution in [2.45, 2.75) is 10.9 Å². The average molecular weight is 259 g/mol. The molecule has 0 atom stereocenters. The molecule has 0 spiro atoms. The first-order valence-corrected chi connectivity index (χ1v) is 6.56. The highest BCUT2D eigenvalue weighted by atomic mass is 32.2. The van der Waals surface area contributed by atoms with E-state index in [1.807, 2.05) is 18.2 Å². The largest absolute Gasteiger partial charge is 0.467 e. The molecule has 1 heterocycles. The number of ether oxygens (including phenoxy) is 1. The Morgan fingerprint density at radius 1 is 1.18 bits per heavy atom. The van der Waals surface area contributed by atoms with Crippen molar-refractivity contribution in [3.8, 4) is 6.01 Å². The average Bonchev–Trinajstić information content (AvgIpc) is 2.37. The molecule has 84 valence electrons. The molecule has 0 fully saturated rings. The van der Waals surface area contributed by atoms with Gasteiger partial charge in [-0.25, -0.2) is 9.97 Å². The van der Waals surface area contributed by atoms with E-state index < -0.39 is 0 Å². The van der Waals surface area contributed by atoms with Gasteiger partial charge in [-0.05, 0) is 5.56 Å². The standard InChI is InChI=1S/C11H10N3OS.Al/c1-15-10-12-8-13-11(14-10)16-7-9-5-3-2-4-6-9;/h2-6H,7H2,1H3;. The molecule has 1 aromatic heterocycles. The lowest BCUT2D eigenvalue weighted by Gasteiger charge is -2.04. The number of methoxy groups -OCH3 is 1. The summed E-state index contributed by atoms with van der Waals surface area (Å²) in [6, 6.07) is 10.5. The Bertz CT molecular complexity index is 495. The molecule has 0 saturated heterocycles. The van der Waals surface area contributed by atoms with Crippen molar-refractivity contribution in [3.05, 3.63) is 35.9 Å². The summed E-state index contributed by atoms with van der Waals surface area (Å²) >= 11 is 4.01. The Hall–Kier alpha value is -1.09. The second-order valence-corrected chi connectivity index (χ2v) is 4.70. The minimum absolute atomic E-state index is 0.348. The third-order valence-electron chi connectivity index (χ3n) is 2.01. The van der Waals surface area contributed by atoms with E-state index in [9.17, 15) is 0 Å². The van der Waals surface area contributed by atoms with Gasteiger partial charge in [-0.15, -0.1) is 0 Å². The van der Waals surface area contributed by atoms with Gasteiger partial charge >= 0.3 is 6.01 Å². The molecule has 0 aliphatic heterocycles. The normalized spacial score (nSPS) is 10.2. The number of benzene rings is 1. The second-order valence-electron chi connectivity index (χ2n) is 3.24. The van der Waals surface area contributed by atoms with Gasteiger partial charge in [0.25, 0.3) is 0 Å². The van der Waals surface area contributed by atoms with Gasteiger partial charge in [-0.2, -0.15) is 4.98 Å². The molecular weight excluding hydrogens is 249 g/mol. The summed E-state index contributed by atoms with van der Waals surface area (Å²) in [5.74, 6) is 0.831. The lowest BCUT2D eigenvalue weighted by molar-refractivity contribution is 0.374. The lowest BCUT2D eigenvalue weighted by Crippen LogP contribution is -2.16. The van der Waals surface area contributed by atoms with Crippen molar-refractivity contribution >= 4 is 32.7 Å². The van der Waals surface area contributed by atoms with Gasteiger partial charge in [0.15, 0.2) is 5.16 Å². The highest BCUT2D eigenvalue weighted by Gasteiger charge is 2.04. The molecule has 6 heteroatoms. The first-order valence-electron chi connectivity index (χ1n) is 5.00. The summed E-state index contributed by atoms with van der Waals surface area (Å²) in [6.07, 6.45) is 0. The first-order chi connectivity index (χ1) is 8.28. The Balaban J connectivity index is 2.06. The van der Waals surface area contributed by atoms with Crippen LogP contribution in [0.3, 0.4) is 0 Å². The van der Waals surface area contributed by atoms with E-state index >= 15 is 0 Å². The molecule has 1 aromatic carbocycles. The van der Waals surface area contributed by atoms with Crippen molar-refractivity contribution in [1.82, 2.24) is 15.0 Å². The van der Waals surface area contributed by atoms with E-state index in [1.165, 1.54) is 5.56 Å². The highest BCUT2D eigenvalue weighted by Crippen LogP contribution is 2.18. The molecule has 0 bridgehead atoms. The first kappa shape index (κ1) is 12.4. The number of rotatable bonds is 4. The monoisotopic (exact) mass is 259 g/mol. The van der Waals surface area contributed by atoms with Crippen LogP contribution in [0.15, 0.2) is 35.5 Å². The predicted octanol–water partition coefficient (Wildman–Crippen LogP) is 0.966. The van der Waals surface area contributed by atoms with Crippen LogP contribution in [0.4, 0.5) is 0 Å². The number of nitrogens with zero attached hydrogens (tertiary/aromatic N) is 3. The van der Waals surface area contributed by atoms with Gasteiger partial charge in [-0.3, -0.25) is 0 Å². The molecule has 0 N–H and O–H groups in total. The van der Waals surface area contributed by atoms with Gasteiger partial charge in [0.05, 0.1) is 7.11 Å². The summed E-state index contributed by atoms with van der Waals surface area (Å²) in [6.45, 7) is 0. The van der Waals surface area contributed by atoms with Crippen LogP contribution in [0.1, 0.15) is 5.56 Å². The fourth-order valence-corrected chi connectivity index (χ4v) is 2.35. The van der Waals surface area contributed by atoms with Gasteiger partial charge in [0.1, 0.15) is 0 Å². The van der Waals surface area contributed by atoms with E-state index in [4.69, 9.17) is 4.74 Å². The van der Waals surface area contributed by atoms with Crippen LogP contribution in [0, 0.1) is 0 Å². The molecule has 4 nitrogen and oxygen atoms in total. The van der Waals surface area contributed by atoms with Gasteiger partial charge in [-0.1, -0.05) is 42.1 Å². The topological polar surface area (TPSA) is 47.9 Å². The van der Waals surface area contributed by atoms with Crippen LogP contribution in [-0.2, 0) is 5.75 Å². The third-order valence-corrected chi connectivity index (χ3v) is 3.18. The van der Waals surface area contributed by atoms with E-state index in [0.29, 0.717) is 15.9 Å².